The van der Waals surface area contributed by atoms with Gasteiger partial charge in [0, 0.05) is 11.1 Å². The summed E-state index contributed by atoms with van der Waals surface area (Å²) in [4.78, 5) is 68.0. The van der Waals surface area contributed by atoms with Crippen LogP contribution in [0.4, 0.5) is 9.93 Å². The zero-order chi connectivity index (χ0) is 31.3. The molecule has 3 N–H and O–H groups in total. The zero-order valence-electron chi connectivity index (χ0n) is 24.4. The molecule has 2 aromatic rings. The average molecular weight is 653 g/mol. The number of hydrogen-bond acceptors (Lipinski definition) is 12. The molecule has 3 heterocycles. The number of rotatable bonds is 10. The number of thioether (sulfide) groups is 1. The van der Waals surface area contributed by atoms with Gasteiger partial charge in [0.05, 0.1) is 36.0 Å². The summed E-state index contributed by atoms with van der Waals surface area (Å²) >= 11 is 2.19. The van der Waals surface area contributed by atoms with Crippen LogP contribution in [-0.4, -0.2) is 74.2 Å². The van der Waals surface area contributed by atoms with Gasteiger partial charge < -0.3 is 29.8 Å². The molecule has 3 amide bonds. The van der Waals surface area contributed by atoms with Crippen molar-refractivity contribution >= 4 is 63.6 Å². The number of aliphatic carboxylic acids is 1. The molecule has 2 aliphatic heterocycles. The van der Waals surface area contributed by atoms with Crippen molar-refractivity contribution in [1.29, 1.82) is 0 Å². The summed E-state index contributed by atoms with van der Waals surface area (Å²) in [7, 11) is 0. The third kappa shape index (κ3) is 8.70. The minimum absolute atomic E-state index is 0. The molecule has 1 aromatic heterocycles. The average Bonchev–Trinajstić information content (AvgIpc) is 3.41. The van der Waals surface area contributed by atoms with E-state index in [2.05, 4.69) is 15.6 Å². The van der Waals surface area contributed by atoms with Gasteiger partial charge in [-0.25, -0.2) is 9.78 Å². The Labute approximate surface area is 283 Å². The Morgan fingerprint density at radius 2 is 1.91 bits per heavy atom. The summed E-state index contributed by atoms with van der Waals surface area (Å²) in [5, 5.41) is 27.1. The van der Waals surface area contributed by atoms with Crippen LogP contribution in [0.25, 0.3) is 5.57 Å². The predicted octanol–water partition coefficient (Wildman–Crippen LogP) is -1.59. The molecule has 228 valence electrons. The van der Waals surface area contributed by atoms with E-state index in [1.54, 1.807) is 32.9 Å². The van der Waals surface area contributed by atoms with E-state index in [0.29, 0.717) is 0 Å². The number of amides is 3. The summed E-state index contributed by atoms with van der Waals surface area (Å²) in [6.45, 7) is 4.58. The van der Waals surface area contributed by atoms with E-state index in [0.717, 1.165) is 21.8 Å². The third-order valence-corrected chi connectivity index (χ3v) is 8.15. The number of β-lactam (4-membered cyclic amide) rings is 1. The number of esters is 1. The quantitative estimate of drug-likeness (QED) is 0.116. The predicted molar refractivity (Wildman–Crippen MR) is 155 cm³/mol. The molecular weight excluding hydrogens is 623 g/mol. The Morgan fingerprint density at radius 1 is 1.20 bits per heavy atom. The fourth-order valence-electron chi connectivity index (χ4n) is 4.20. The maximum Gasteiger partial charge on any atom is 1.00 e. The molecule has 2 aliphatic rings. The summed E-state index contributed by atoms with van der Waals surface area (Å²) in [5.41, 5.74) is -0.188. The van der Waals surface area contributed by atoms with Gasteiger partial charge in [0.25, 0.3) is 11.8 Å². The van der Waals surface area contributed by atoms with Crippen LogP contribution in [0, 0.1) is 0 Å². The van der Waals surface area contributed by atoms with Crippen LogP contribution in [-0.2, 0) is 35.3 Å². The topological polar surface area (TPSA) is 187 Å². The first-order valence-electron chi connectivity index (χ1n) is 13.0. The molecular formula is C28H29N4NaO9S2. The second-order valence-corrected chi connectivity index (χ2v) is 12.4. The van der Waals surface area contributed by atoms with Gasteiger partial charge in [-0.1, -0.05) is 36.4 Å². The number of thiazole rings is 1. The standard InChI is InChI=1S/C28H30N4O9S2.Na/c1-28(2,3)41-19(34)10-9-17(18-14-43-26(29-18)31-27(39)40-12-15-7-5-4-6-8-15)22(35)30-20-23(36)32-21(25(37)38)16(11-33)13-42-24(20)32;/h4-9,14,20,24,33H,10-13H2,1-3H3,(H,30,35)(H,37,38)(H,29,31,39);/q;+1/p-1/t20-,24+;/m1./s1. The van der Waals surface area contributed by atoms with Crippen LogP contribution in [0.3, 0.4) is 0 Å². The van der Waals surface area contributed by atoms with Gasteiger partial charge in [0.2, 0.25) is 0 Å². The minimum Gasteiger partial charge on any atom is -0.543 e. The smallest absolute Gasteiger partial charge is 0.543 e. The van der Waals surface area contributed by atoms with Gasteiger partial charge >= 0.3 is 41.6 Å². The maximum absolute atomic E-state index is 13.5. The number of nitrogens with one attached hydrogen (secondary N) is 2. The van der Waals surface area contributed by atoms with Crippen LogP contribution in [0.5, 0.6) is 0 Å². The fourth-order valence-corrected chi connectivity index (χ4v) is 6.23. The second kappa shape index (κ2) is 15.2. The number of anilines is 1. The number of hydrogen-bond donors (Lipinski definition) is 3. The third-order valence-electron chi connectivity index (χ3n) is 6.06. The van der Waals surface area contributed by atoms with Crippen LogP contribution in [0.1, 0.15) is 38.4 Å². The van der Waals surface area contributed by atoms with Gasteiger partial charge in [-0.05, 0) is 31.9 Å². The first kappa shape index (κ1) is 35.3. The molecule has 1 saturated heterocycles. The van der Waals surface area contributed by atoms with Gasteiger partial charge in [-0.3, -0.25) is 24.6 Å². The number of ether oxygens (including phenoxy) is 2. The van der Waals surface area contributed by atoms with E-state index < -0.39 is 59.2 Å². The number of aliphatic hydroxyl groups is 1. The zero-order valence-corrected chi connectivity index (χ0v) is 28.1. The van der Waals surface area contributed by atoms with E-state index in [1.165, 1.54) is 23.2 Å². The van der Waals surface area contributed by atoms with E-state index in [-0.39, 0.29) is 70.3 Å². The molecule has 13 nitrogen and oxygen atoms in total. The van der Waals surface area contributed by atoms with Crippen molar-refractivity contribution in [2.75, 3.05) is 17.7 Å². The van der Waals surface area contributed by atoms with Crippen LogP contribution >= 0.6 is 23.1 Å². The minimum atomic E-state index is -1.60. The van der Waals surface area contributed by atoms with Gasteiger partial charge in [0.1, 0.15) is 23.6 Å². The summed E-state index contributed by atoms with van der Waals surface area (Å²) in [5.74, 6) is -3.52. The Balaban J connectivity index is 0.00000529. The molecule has 0 unspecified atom stereocenters. The molecule has 1 fully saturated rings. The van der Waals surface area contributed by atoms with E-state index >= 15 is 0 Å². The number of fused-ring (bicyclic) bond motifs is 1. The van der Waals surface area contributed by atoms with Crippen molar-refractivity contribution < 1.29 is 73.2 Å². The van der Waals surface area contributed by atoms with Gasteiger partial charge in [-0.2, -0.15) is 0 Å². The number of carboxylic acids is 1. The van der Waals surface area contributed by atoms with E-state index in [1.807, 2.05) is 18.2 Å². The first-order valence-corrected chi connectivity index (χ1v) is 15.0. The van der Waals surface area contributed by atoms with Crippen LogP contribution < -0.4 is 45.3 Å². The molecule has 1 aromatic carbocycles. The first-order chi connectivity index (χ1) is 20.4. The number of carboxylic acid groups (broad SMARTS) is 1. The normalized spacial score (nSPS) is 18.0. The van der Waals surface area contributed by atoms with Crippen molar-refractivity contribution in [3.8, 4) is 0 Å². The summed E-state index contributed by atoms with van der Waals surface area (Å²) in [6, 6.07) is 7.98. The van der Waals surface area contributed by atoms with Gasteiger partial charge in [0.15, 0.2) is 5.13 Å². The Bertz CT molecular complexity index is 1490. The van der Waals surface area contributed by atoms with Crippen LogP contribution in [0.15, 0.2) is 53.1 Å². The number of aliphatic hydroxyl groups excluding tert-OH is 1. The molecule has 4 rings (SSSR count). The molecule has 0 aliphatic carbocycles. The second-order valence-electron chi connectivity index (χ2n) is 10.4. The molecule has 0 radical (unpaired) electrons. The number of nitrogens with zero attached hydrogens (tertiary/aromatic N) is 2. The fraction of sp³-hybridized carbons (Fsp3) is 0.357. The number of carbonyl (C=O) groups is 5. The van der Waals surface area contributed by atoms with Crippen molar-refractivity contribution in [1.82, 2.24) is 15.2 Å². The summed E-state index contributed by atoms with van der Waals surface area (Å²) < 4.78 is 10.5. The van der Waals surface area contributed by atoms with Crippen molar-refractivity contribution in [2.45, 2.75) is 50.8 Å². The van der Waals surface area contributed by atoms with E-state index in [9.17, 15) is 34.2 Å². The molecule has 0 bridgehead atoms. The SMILES string of the molecule is CC(C)(C)OC(=O)CC=C(C(=O)N[C@@H]1C(=O)N2C(C(=O)[O-])=C(CO)CS[C@@H]12)c1csc(NC(=O)OCc2ccccc2)n1.[Na+]. The molecule has 2 atom stereocenters. The molecule has 44 heavy (non-hydrogen) atoms. The Morgan fingerprint density at radius 3 is 2.55 bits per heavy atom. The van der Waals surface area contributed by atoms with E-state index in [4.69, 9.17) is 9.47 Å². The summed E-state index contributed by atoms with van der Waals surface area (Å²) in [6.07, 6.45) is 0.253. The van der Waals surface area contributed by atoms with Crippen molar-refractivity contribution in [3.05, 3.63) is 64.3 Å². The molecule has 16 heteroatoms. The number of benzene rings is 1. The maximum atomic E-state index is 13.5. The Kier molecular flexibility index (Phi) is 12.2. The Hall–Kier alpha value is -3.21. The number of carbonyl (C=O) groups excluding carboxylic acids is 5. The molecule has 0 spiro atoms. The van der Waals surface area contributed by atoms with Gasteiger partial charge in [-0.15, -0.1) is 23.1 Å². The van der Waals surface area contributed by atoms with Crippen molar-refractivity contribution in [3.63, 3.8) is 0 Å². The van der Waals surface area contributed by atoms with Crippen molar-refractivity contribution in [2.24, 2.45) is 0 Å². The van der Waals surface area contributed by atoms with Crippen LogP contribution in [0.2, 0.25) is 0 Å². The molecule has 0 saturated carbocycles. The number of aromatic nitrogens is 1. The monoisotopic (exact) mass is 652 g/mol. The largest absolute Gasteiger partial charge is 1.00 e.